The molecule has 3 aromatic carbocycles. The van der Waals surface area contributed by atoms with Gasteiger partial charge in [-0.1, -0.05) is 54.6 Å². The molecule has 0 heterocycles. The first kappa shape index (κ1) is 21.8. The highest BCUT2D eigenvalue weighted by Crippen LogP contribution is 2.14. The Morgan fingerprint density at radius 1 is 0.742 bits per heavy atom. The first-order chi connectivity index (χ1) is 15.1. The van der Waals surface area contributed by atoms with E-state index in [2.05, 4.69) is 16.0 Å². The third-order valence-electron chi connectivity index (χ3n) is 4.51. The second-order valence-electron chi connectivity index (χ2n) is 6.81. The fourth-order valence-corrected chi connectivity index (χ4v) is 2.81. The van der Waals surface area contributed by atoms with E-state index >= 15 is 0 Å². The number of nitrogens with one attached hydrogen (secondary N) is 3. The summed E-state index contributed by atoms with van der Waals surface area (Å²) in [5, 5.41) is 7.91. The van der Waals surface area contributed by atoms with E-state index in [9.17, 15) is 14.0 Å². The minimum absolute atomic E-state index is 0.155. The molecule has 160 valence electrons. The molecular formula is C24H24FN3O3. The summed E-state index contributed by atoms with van der Waals surface area (Å²) in [5.74, 6) is 0.131. The van der Waals surface area contributed by atoms with Crippen LogP contribution >= 0.6 is 0 Å². The van der Waals surface area contributed by atoms with Gasteiger partial charge in [0.15, 0.2) is 0 Å². The van der Waals surface area contributed by atoms with E-state index in [1.807, 2.05) is 54.6 Å². The molecule has 3 amide bonds. The largest absolute Gasteiger partial charge is 0.489 e. The summed E-state index contributed by atoms with van der Waals surface area (Å²) in [4.78, 5) is 23.9. The lowest BCUT2D eigenvalue weighted by molar-refractivity contribution is -0.120. The molecule has 0 aliphatic heterocycles. The summed E-state index contributed by atoms with van der Waals surface area (Å²) >= 11 is 0. The average molecular weight is 421 g/mol. The molecule has 0 atom stereocenters. The fourth-order valence-electron chi connectivity index (χ4n) is 2.81. The SMILES string of the molecule is O=C(CNC(=O)NCc1ccc(F)cc1)NCc1ccccc1COc1ccccc1. The number of para-hydroxylation sites is 1. The van der Waals surface area contributed by atoms with E-state index in [1.165, 1.54) is 12.1 Å². The molecule has 0 saturated heterocycles. The Morgan fingerprint density at radius 3 is 2.16 bits per heavy atom. The quantitative estimate of drug-likeness (QED) is 0.495. The molecule has 3 rings (SSSR count). The van der Waals surface area contributed by atoms with Crippen molar-refractivity contribution in [2.45, 2.75) is 19.7 Å². The van der Waals surface area contributed by atoms with Crippen LogP contribution in [0.5, 0.6) is 5.75 Å². The van der Waals surface area contributed by atoms with Gasteiger partial charge >= 0.3 is 6.03 Å². The predicted octanol–water partition coefficient (Wildman–Crippen LogP) is 3.52. The standard InChI is InChI=1S/C24H24FN3O3/c25-21-12-10-18(11-13-21)14-27-24(30)28-16-23(29)26-15-19-6-4-5-7-20(19)17-31-22-8-2-1-3-9-22/h1-13H,14-17H2,(H,26,29)(H2,27,28,30). The number of hydrogen-bond donors (Lipinski definition) is 3. The van der Waals surface area contributed by atoms with Gasteiger partial charge in [-0.2, -0.15) is 0 Å². The number of carbonyl (C=O) groups excluding carboxylic acids is 2. The minimum Gasteiger partial charge on any atom is -0.489 e. The van der Waals surface area contributed by atoms with Gasteiger partial charge in [0.25, 0.3) is 0 Å². The van der Waals surface area contributed by atoms with Crippen LogP contribution in [0.15, 0.2) is 78.9 Å². The zero-order valence-corrected chi connectivity index (χ0v) is 16.9. The number of rotatable bonds is 9. The van der Waals surface area contributed by atoms with Crippen LogP contribution in [0.25, 0.3) is 0 Å². The molecule has 3 N–H and O–H groups in total. The lowest BCUT2D eigenvalue weighted by atomic mass is 10.1. The Morgan fingerprint density at radius 2 is 1.42 bits per heavy atom. The Kier molecular flexibility index (Phi) is 7.99. The van der Waals surface area contributed by atoms with Crippen LogP contribution in [0.1, 0.15) is 16.7 Å². The summed E-state index contributed by atoms with van der Waals surface area (Å²) in [6, 6.07) is 22.5. The molecular weight excluding hydrogens is 397 g/mol. The van der Waals surface area contributed by atoms with E-state index < -0.39 is 6.03 Å². The zero-order valence-electron chi connectivity index (χ0n) is 16.9. The molecule has 0 saturated carbocycles. The fraction of sp³-hybridized carbons (Fsp3) is 0.167. The Bertz CT molecular complexity index is 994. The van der Waals surface area contributed by atoms with Crippen molar-refractivity contribution < 1.29 is 18.7 Å². The van der Waals surface area contributed by atoms with E-state index in [1.54, 1.807) is 12.1 Å². The maximum Gasteiger partial charge on any atom is 0.315 e. The first-order valence-corrected chi connectivity index (χ1v) is 9.87. The summed E-state index contributed by atoms with van der Waals surface area (Å²) in [5.41, 5.74) is 2.67. The molecule has 31 heavy (non-hydrogen) atoms. The van der Waals surface area contributed by atoms with Crippen LogP contribution in [-0.4, -0.2) is 18.5 Å². The van der Waals surface area contributed by atoms with Gasteiger partial charge in [0.2, 0.25) is 5.91 Å². The number of hydrogen-bond acceptors (Lipinski definition) is 3. The molecule has 0 aliphatic carbocycles. The molecule has 0 fully saturated rings. The van der Waals surface area contributed by atoms with E-state index in [-0.39, 0.29) is 24.8 Å². The Balaban J connectivity index is 1.40. The second kappa shape index (κ2) is 11.3. The van der Waals surface area contributed by atoms with Crippen LogP contribution in [0.4, 0.5) is 9.18 Å². The summed E-state index contributed by atoms with van der Waals surface area (Å²) in [6.07, 6.45) is 0. The molecule has 0 radical (unpaired) electrons. The van der Waals surface area contributed by atoms with Gasteiger partial charge in [-0.05, 0) is 41.0 Å². The van der Waals surface area contributed by atoms with Crippen molar-refractivity contribution in [2.24, 2.45) is 0 Å². The molecule has 7 heteroatoms. The number of halogens is 1. The first-order valence-electron chi connectivity index (χ1n) is 9.87. The third-order valence-corrected chi connectivity index (χ3v) is 4.51. The highest BCUT2D eigenvalue weighted by molar-refractivity contribution is 5.83. The number of amides is 3. The van der Waals surface area contributed by atoms with Crippen molar-refractivity contribution in [3.63, 3.8) is 0 Å². The molecule has 3 aromatic rings. The zero-order chi connectivity index (χ0) is 21.9. The molecule has 6 nitrogen and oxygen atoms in total. The lowest BCUT2D eigenvalue weighted by Crippen LogP contribution is -2.41. The van der Waals surface area contributed by atoms with Crippen molar-refractivity contribution in [1.82, 2.24) is 16.0 Å². The van der Waals surface area contributed by atoms with Gasteiger partial charge in [-0.15, -0.1) is 0 Å². The Labute approximate surface area is 180 Å². The number of carbonyl (C=O) groups is 2. The van der Waals surface area contributed by atoms with Crippen molar-refractivity contribution in [3.8, 4) is 5.75 Å². The van der Waals surface area contributed by atoms with E-state index in [0.29, 0.717) is 13.2 Å². The summed E-state index contributed by atoms with van der Waals surface area (Å²) in [6.45, 7) is 0.798. The topological polar surface area (TPSA) is 79.5 Å². The molecule has 0 spiro atoms. The van der Waals surface area contributed by atoms with Gasteiger partial charge in [-0.25, -0.2) is 9.18 Å². The van der Waals surface area contributed by atoms with Crippen molar-refractivity contribution in [2.75, 3.05) is 6.54 Å². The van der Waals surface area contributed by atoms with Crippen molar-refractivity contribution in [3.05, 3.63) is 101 Å². The summed E-state index contributed by atoms with van der Waals surface area (Å²) < 4.78 is 18.7. The lowest BCUT2D eigenvalue weighted by Gasteiger charge is -2.12. The summed E-state index contributed by atoms with van der Waals surface area (Å²) in [7, 11) is 0. The van der Waals surface area contributed by atoms with Crippen LogP contribution in [0, 0.1) is 5.82 Å². The van der Waals surface area contributed by atoms with Crippen LogP contribution in [0.3, 0.4) is 0 Å². The van der Waals surface area contributed by atoms with Crippen LogP contribution in [0.2, 0.25) is 0 Å². The van der Waals surface area contributed by atoms with Crippen LogP contribution in [-0.2, 0) is 24.5 Å². The predicted molar refractivity (Wildman–Crippen MR) is 116 cm³/mol. The van der Waals surface area contributed by atoms with Crippen molar-refractivity contribution >= 4 is 11.9 Å². The van der Waals surface area contributed by atoms with Gasteiger partial charge in [0.1, 0.15) is 18.2 Å². The molecule has 0 bridgehead atoms. The number of benzene rings is 3. The highest BCUT2D eigenvalue weighted by atomic mass is 19.1. The Hall–Kier alpha value is -3.87. The molecule has 0 aromatic heterocycles. The number of urea groups is 1. The molecule has 0 unspecified atom stereocenters. The van der Waals surface area contributed by atoms with Gasteiger partial charge < -0.3 is 20.7 Å². The maximum atomic E-state index is 12.9. The monoisotopic (exact) mass is 421 g/mol. The van der Waals surface area contributed by atoms with Crippen molar-refractivity contribution in [1.29, 1.82) is 0 Å². The van der Waals surface area contributed by atoms with Gasteiger partial charge in [0.05, 0.1) is 6.54 Å². The van der Waals surface area contributed by atoms with Gasteiger partial charge in [-0.3, -0.25) is 4.79 Å². The minimum atomic E-state index is -0.476. The average Bonchev–Trinajstić information content (AvgIpc) is 2.81. The second-order valence-corrected chi connectivity index (χ2v) is 6.81. The van der Waals surface area contributed by atoms with E-state index in [4.69, 9.17) is 4.74 Å². The normalized spacial score (nSPS) is 10.2. The van der Waals surface area contributed by atoms with Gasteiger partial charge in [0, 0.05) is 13.1 Å². The molecule has 0 aliphatic rings. The van der Waals surface area contributed by atoms with Crippen LogP contribution < -0.4 is 20.7 Å². The number of ether oxygens (including phenoxy) is 1. The van der Waals surface area contributed by atoms with E-state index in [0.717, 1.165) is 22.4 Å². The smallest absolute Gasteiger partial charge is 0.315 e. The third kappa shape index (κ3) is 7.47. The maximum absolute atomic E-state index is 12.9. The highest BCUT2D eigenvalue weighted by Gasteiger charge is 2.08.